The molecule has 14 heavy (non-hydrogen) atoms. The minimum absolute atomic E-state index is 0.284. The summed E-state index contributed by atoms with van der Waals surface area (Å²) < 4.78 is 0. The van der Waals surface area contributed by atoms with E-state index in [9.17, 15) is 4.79 Å². The lowest BCUT2D eigenvalue weighted by Gasteiger charge is -2.30. The van der Waals surface area contributed by atoms with E-state index in [0.29, 0.717) is 5.78 Å². The van der Waals surface area contributed by atoms with Gasteiger partial charge in [0.15, 0.2) is 5.13 Å². The molecule has 0 amide bonds. The molecule has 0 bridgehead atoms. The third-order valence-corrected chi connectivity index (χ3v) is 3.59. The summed E-state index contributed by atoms with van der Waals surface area (Å²) in [4.78, 5) is 17.7. The molecule has 1 saturated heterocycles. The molecule has 1 aromatic rings. The summed E-state index contributed by atoms with van der Waals surface area (Å²) in [7, 11) is 0. The zero-order valence-corrected chi connectivity index (χ0v) is 9.09. The molecule has 76 valence electrons. The maximum Gasteiger partial charge on any atom is 0.185 e. The van der Waals surface area contributed by atoms with Crippen LogP contribution in [0.3, 0.4) is 0 Å². The third kappa shape index (κ3) is 1.95. The van der Waals surface area contributed by atoms with Crippen molar-refractivity contribution in [1.82, 2.24) is 4.98 Å². The molecule has 0 atom stereocenters. The molecule has 1 aliphatic heterocycles. The molecular formula is C10H14N2OS. The van der Waals surface area contributed by atoms with E-state index < -0.39 is 0 Å². The third-order valence-electron chi connectivity index (χ3n) is 2.76. The summed E-state index contributed by atoms with van der Waals surface area (Å²) in [5, 5.41) is 3.08. The van der Waals surface area contributed by atoms with E-state index in [4.69, 9.17) is 0 Å². The fraction of sp³-hybridized carbons (Fsp3) is 0.600. The van der Waals surface area contributed by atoms with Crippen LogP contribution in [-0.2, 0) is 4.79 Å². The largest absolute Gasteiger partial charge is 0.348 e. The molecule has 0 aromatic carbocycles. The van der Waals surface area contributed by atoms with E-state index in [1.807, 2.05) is 11.6 Å². The fourth-order valence-electron chi connectivity index (χ4n) is 1.85. The Labute approximate surface area is 87.8 Å². The number of carbonyl (C=O) groups excluding carboxylic acids is 1. The Morgan fingerprint density at radius 3 is 2.79 bits per heavy atom. The van der Waals surface area contributed by atoms with Crippen molar-refractivity contribution in [2.75, 3.05) is 18.0 Å². The summed E-state index contributed by atoms with van der Waals surface area (Å²) >= 11 is 1.67. The van der Waals surface area contributed by atoms with Crippen LogP contribution in [0.4, 0.5) is 5.13 Å². The van der Waals surface area contributed by atoms with Crippen molar-refractivity contribution < 1.29 is 4.79 Å². The Kier molecular flexibility index (Phi) is 2.82. The lowest BCUT2D eigenvalue weighted by molar-refractivity contribution is -0.121. The number of aromatic nitrogens is 1. The number of rotatable bonds is 2. The van der Waals surface area contributed by atoms with E-state index in [1.54, 1.807) is 18.3 Å². The van der Waals surface area contributed by atoms with Gasteiger partial charge in [-0.15, -0.1) is 11.3 Å². The van der Waals surface area contributed by atoms with E-state index in [1.165, 1.54) is 0 Å². The highest BCUT2D eigenvalue weighted by Crippen LogP contribution is 2.24. The van der Waals surface area contributed by atoms with Crippen LogP contribution >= 0.6 is 11.3 Å². The number of anilines is 1. The van der Waals surface area contributed by atoms with Crippen molar-refractivity contribution in [3.63, 3.8) is 0 Å². The van der Waals surface area contributed by atoms with E-state index in [-0.39, 0.29) is 5.92 Å². The Hall–Kier alpha value is -0.900. The van der Waals surface area contributed by atoms with Crippen molar-refractivity contribution in [2.45, 2.75) is 19.8 Å². The first-order valence-corrected chi connectivity index (χ1v) is 5.80. The van der Waals surface area contributed by atoms with Gasteiger partial charge in [0.1, 0.15) is 5.78 Å². The standard InChI is InChI=1S/C10H14N2OS/c1-8(13)9-2-5-12(6-3-9)10-11-4-7-14-10/h4,7,9H,2-3,5-6H2,1H3. The van der Waals surface area contributed by atoms with Gasteiger partial charge in [-0.25, -0.2) is 4.98 Å². The maximum absolute atomic E-state index is 11.2. The van der Waals surface area contributed by atoms with Crippen LogP contribution in [0.5, 0.6) is 0 Å². The van der Waals surface area contributed by atoms with Gasteiger partial charge >= 0.3 is 0 Å². The first-order chi connectivity index (χ1) is 6.77. The molecule has 0 aliphatic carbocycles. The molecule has 0 saturated carbocycles. The number of hydrogen-bond donors (Lipinski definition) is 0. The van der Waals surface area contributed by atoms with Crippen LogP contribution in [0.25, 0.3) is 0 Å². The highest BCUT2D eigenvalue weighted by molar-refractivity contribution is 7.13. The van der Waals surface area contributed by atoms with Gasteiger partial charge in [-0.3, -0.25) is 4.79 Å². The van der Waals surface area contributed by atoms with Crippen molar-refractivity contribution >= 4 is 22.3 Å². The average molecular weight is 210 g/mol. The van der Waals surface area contributed by atoms with E-state index >= 15 is 0 Å². The Balaban J connectivity index is 1.93. The summed E-state index contributed by atoms with van der Waals surface area (Å²) in [6.45, 7) is 3.64. The Morgan fingerprint density at radius 2 is 2.29 bits per heavy atom. The van der Waals surface area contributed by atoms with Gasteiger partial charge in [0.25, 0.3) is 0 Å². The summed E-state index contributed by atoms with van der Waals surface area (Å²) in [5.41, 5.74) is 0. The average Bonchev–Trinajstić information content (AvgIpc) is 2.71. The quantitative estimate of drug-likeness (QED) is 0.748. The minimum Gasteiger partial charge on any atom is -0.348 e. The Morgan fingerprint density at radius 1 is 1.57 bits per heavy atom. The number of hydrogen-bond acceptors (Lipinski definition) is 4. The van der Waals surface area contributed by atoms with Crippen molar-refractivity contribution in [2.24, 2.45) is 5.92 Å². The zero-order chi connectivity index (χ0) is 9.97. The first-order valence-electron chi connectivity index (χ1n) is 4.92. The molecular weight excluding hydrogens is 196 g/mol. The number of nitrogens with zero attached hydrogens (tertiary/aromatic N) is 2. The van der Waals surface area contributed by atoms with Gasteiger partial charge in [-0.05, 0) is 19.8 Å². The van der Waals surface area contributed by atoms with Gasteiger partial charge in [-0.1, -0.05) is 0 Å². The van der Waals surface area contributed by atoms with Crippen LogP contribution in [0.15, 0.2) is 11.6 Å². The molecule has 0 spiro atoms. The monoisotopic (exact) mass is 210 g/mol. The molecule has 3 nitrogen and oxygen atoms in total. The molecule has 0 radical (unpaired) electrons. The topological polar surface area (TPSA) is 33.2 Å². The number of carbonyl (C=O) groups is 1. The lowest BCUT2D eigenvalue weighted by Crippen LogP contribution is -2.35. The molecule has 0 N–H and O–H groups in total. The highest BCUT2D eigenvalue weighted by atomic mass is 32.1. The molecule has 0 unspecified atom stereocenters. The van der Waals surface area contributed by atoms with E-state index in [0.717, 1.165) is 31.1 Å². The predicted octanol–water partition coefficient (Wildman–Crippen LogP) is 1.95. The van der Waals surface area contributed by atoms with Crippen LogP contribution in [0, 0.1) is 5.92 Å². The lowest BCUT2D eigenvalue weighted by atomic mass is 9.94. The van der Waals surface area contributed by atoms with E-state index in [2.05, 4.69) is 9.88 Å². The number of Topliss-reactive ketones (excluding diaryl/α,β-unsaturated/α-hetero) is 1. The van der Waals surface area contributed by atoms with Crippen molar-refractivity contribution in [3.05, 3.63) is 11.6 Å². The highest BCUT2D eigenvalue weighted by Gasteiger charge is 2.23. The second-order valence-corrected chi connectivity index (χ2v) is 4.56. The number of piperidine rings is 1. The van der Waals surface area contributed by atoms with Crippen LogP contribution < -0.4 is 4.90 Å². The summed E-state index contributed by atoms with van der Waals surface area (Å²) in [6, 6.07) is 0. The summed E-state index contributed by atoms with van der Waals surface area (Å²) in [6.07, 6.45) is 3.79. The minimum atomic E-state index is 0.284. The van der Waals surface area contributed by atoms with Crippen LogP contribution in [-0.4, -0.2) is 23.9 Å². The predicted molar refractivity (Wildman–Crippen MR) is 57.7 cm³/mol. The number of ketones is 1. The molecule has 2 rings (SSSR count). The first kappa shape index (κ1) is 9.65. The fourth-order valence-corrected chi connectivity index (χ4v) is 2.55. The van der Waals surface area contributed by atoms with Gasteiger partial charge in [0, 0.05) is 30.6 Å². The molecule has 1 fully saturated rings. The number of thiazole rings is 1. The SMILES string of the molecule is CC(=O)C1CCN(c2nccs2)CC1. The zero-order valence-electron chi connectivity index (χ0n) is 8.27. The molecule has 2 heterocycles. The second kappa shape index (κ2) is 4.09. The summed E-state index contributed by atoms with van der Waals surface area (Å²) in [5.74, 6) is 0.620. The van der Waals surface area contributed by atoms with Crippen LogP contribution in [0.1, 0.15) is 19.8 Å². The van der Waals surface area contributed by atoms with Gasteiger partial charge < -0.3 is 4.90 Å². The van der Waals surface area contributed by atoms with Crippen molar-refractivity contribution in [3.8, 4) is 0 Å². The molecule has 1 aromatic heterocycles. The van der Waals surface area contributed by atoms with Crippen LogP contribution in [0.2, 0.25) is 0 Å². The van der Waals surface area contributed by atoms with Crippen molar-refractivity contribution in [1.29, 1.82) is 0 Å². The molecule has 4 heteroatoms. The van der Waals surface area contributed by atoms with Gasteiger partial charge in [-0.2, -0.15) is 0 Å². The Bertz CT molecular complexity index is 302. The second-order valence-electron chi connectivity index (χ2n) is 3.69. The van der Waals surface area contributed by atoms with Gasteiger partial charge in [0.05, 0.1) is 0 Å². The smallest absolute Gasteiger partial charge is 0.185 e. The van der Waals surface area contributed by atoms with Gasteiger partial charge in [0.2, 0.25) is 0 Å². The molecule has 1 aliphatic rings. The maximum atomic E-state index is 11.2. The normalized spacial score (nSPS) is 18.5.